The Bertz CT molecular complexity index is 231. The Balaban J connectivity index is 2.03. The van der Waals surface area contributed by atoms with E-state index >= 15 is 0 Å². The molecule has 5 heteroatoms. The van der Waals surface area contributed by atoms with Crippen LogP contribution in [0.5, 0.6) is 0 Å². The van der Waals surface area contributed by atoms with Gasteiger partial charge in [-0.25, -0.2) is 0 Å². The van der Waals surface area contributed by atoms with Crippen LogP contribution in [0.4, 0.5) is 0 Å². The number of hydrogen-bond donors (Lipinski definition) is 2. The summed E-state index contributed by atoms with van der Waals surface area (Å²) in [6, 6.07) is 1.96. The van der Waals surface area contributed by atoms with Gasteiger partial charge >= 0.3 is 0 Å². The average molecular weight is 211 g/mol. The van der Waals surface area contributed by atoms with Crippen molar-refractivity contribution in [1.82, 2.24) is 10.6 Å². The van der Waals surface area contributed by atoms with E-state index in [1.807, 2.05) is 6.07 Å². The lowest BCUT2D eigenvalue weighted by Gasteiger charge is -2.22. The van der Waals surface area contributed by atoms with Crippen LogP contribution >= 0.6 is 0 Å². The van der Waals surface area contributed by atoms with Gasteiger partial charge in [-0.3, -0.25) is 4.79 Å². The van der Waals surface area contributed by atoms with E-state index < -0.39 is 0 Å². The summed E-state index contributed by atoms with van der Waals surface area (Å²) in [6.07, 6.45) is 2.48. The molecule has 0 aromatic rings. The summed E-state index contributed by atoms with van der Waals surface area (Å²) >= 11 is 0. The van der Waals surface area contributed by atoms with Gasteiger partial charge < -0.3 is 15.4 Å². The van der Waals surface area contributed by atoms with Crippen molar-refractivity contribution in [2.45, 2.75) is 25.4 Å². The Labute approximate surface area is 89.8 Å². The normalized spacial score (nSPS) is 17.0. The number of nitrogens with one attached hydrogen (secondary N) is 2. The fourth-order valence-electron chi connectivity index (χ4n) is 1.46. The molecule has 0 saturated carbocycles. The van der Waals surface area contributed by atoms with Crippen LogP contribution in [-0.2, 0) is 9.53 Å². The van der Waals surface area contributed by atoms with Crippen LogP contribution in [0.1, 0.15) is 19.3 Å². The van der Waals surface area contributed by atoms with Crippen molar-refractivity contribution in [3.8, 4) is 6.07 Å². The smallest absolute Gasteiger partial charge is 0.246 e. The summed E-state index contributed by atoms with van der Waals surface area (Å²) < 4.78 is 5.44. The zero-order chi connectivity index (χ0) is 10.9. The molecule has 2 N–H and O–H groups in total. The molecular weight excluding hydrogens is 194 g/mol. The van der Waals surface area contributed by atoms with E-state index in [1.54, 1.807) is 0 Å². The van der Waals surface area contributed by atoms with E-state index in [0.29, 0.717) is 13.0 Å². The molecule has 15 heavy (non-hydrogen) atoms. The third kappa shape index (κ3) is 5.35. The number of amides is 1. The fraction of sp³-hybridized carbons (Fsp3) is 0.800. The quantitative estimate of drug-likeness (QED) is 0.617. The zero-order valence-electron chi connectivity index (χ0n) is 8.79. The summed E-state index contributed by atoms with van der Waals surface area (Å²) in [5, 5.41) is 14.1. The zero-order valence-corrected chi connectivity index (χ0v) is 8.79. The number of carbonyl (C=O) groups excluding carboxylic acids is 1. The maximum atomic E-state index is 11.2. The van der Waals surface area contributed by atoms with Gasteiger partial charge in [-0.2, -0.15) is 5.26 Å². The highest BCUT2D eigenvalue weighted by Gasteiger charge is 2.14. The van der Waals surface area contributed by atoms with E-state index in [1.165, 1.54) is 0 Å². The van der Waals surface area contributed by atoms with E-state index in [-0.39, 0.29) is 18.6 Å². The number of piperidine rings is 1. The molecule has 0 atom stereocenters. The molecule has 1 heterocycles. The minimum atomic E-state index is -0.135. The van der Waals surface area contributed by atoms with Crippen LogP contribution in [0.3, 0.4) is 0 Å². The summed E-state index contributed by atoms with van der Waals surface area (Å²) in [6.45, 7) is 2.43. The van der Waals surface area contributed by atoms with Crippen LogP contribution in [-0.4, -0.2) is 38.3 Å². The molecule has 5 nitrogen and oxygen atoms in total. The van der Waals surface area contributed by atoms with Crippen LogP contribution in [0, 0.1) is 11.3 Å². The molecule has 0 aliphatic carbocycles. The first-order chi connectivity index (χ1) is 7.33. The van der Waals surface area contributed by atoms with Gasteiger partial charge in [0.1, 0.15) is 6.61 Å². The van der Waals surface area contributed by atoms with Gasteiger partial charge in [0, 0.05) is 6.54 Å². The molecule has 1 saturated heterocycles. The topological polar surface area (TPSA) is 74.2 Å². The van der Waals surface area contributed by atoms with E-state index in [0.717, 1.165) is 25.9 Å². The monoisotopic (exact) mass is 211 g/mol. The highest BCUT2D eigenvalue weighted by Crippen LogP contribution is 2.06. The second-order valence-electron chi connectivity index (χ2n) is 3.52. The van der Waals surface area contributed by atoms with Crippen molar-refractivity contribution in [2.24, 2.45) is 0 Å². The first-order valence-corrected chi connectivity index (χ1v) is 5.29. The molecule has 1 amide bonds. The van der Waals surface area contributed by atoms with Gasteiger partial charge in [-0.05, 0) is 25.9 Å². The van der Waals surface area contributed by atoms with Gasteiger partial charge in [0.15, 0.2) is 0 Å². The largest absolute Gasteiger partial charge is 0.368 e. The second kappa shape index (κ2) is 7.21. The highest BCUT2D eigenvalue weighted by atomic mass is 16.5. The van der Waals surface area contributed by atoms with Gasteiger partial charge in [-0.15, -0.1) is 0 Å². The first-order valence-electron chi connectivity index (χ1n) is 5.29. The predicted octanol–water partition coefficient (Wildman–Crippen LogP) is -0.215. The Hall–Kier alpha value is -1.12. The average Bonchev–Trinajstić information content (AvgIpc) is 2.28. The maximum absolute atomic E-state index is 11.2. The van der Waals surface area contributed by atoms with Crippen molar-refractivity contribution in [3.05, 3.63) is 0 Å². The van der Waals surface area contributed by atoms with Crippen molar-refractivity contribution < 1.29 is 9.53 Å². The van der Waals surface area contributed by atoms with Crippen molar-refractivity contribution in [2.75, 3.05) is 26.2 Å². The van der Waals surface area contributed by atoms with Crippen LogP contribution in [0.15, 0.2) is 0 Å². The van der Waals surface area contributed by atoms with Crippen LogP contribution in [0.2, 0.25) is 0 Å². The molecule has 0 bridgehead atoms. The maximum Gasteiger partial charge on any atom is 0.246 e. The Morgan fingerprint density at radius 1 is 1.53 bits per heavy atom. The summed E-state index contributed by atoms with van der Waals surface area (Å²) in [4.78, 5) is 11.2. The molecule has 1 aliphatic heterocycles. The molecule has 1 fully saturated rings. The first kappa shape index (κ1) is 12.0. The number of rotatable bonds is 5. The Kier molecular flexibility index (Phi) is 5.74. The minimum Gasteiger partial charge on any atom is -0.368 e. The van der Waals surface area contributed by atoms with Gasteiger partial charge in [0.2, 0.25) is 5.91 Å². The number of ether oxygens (including phenoxy) is 1. The molecule has 0 radical (unpaired) electrons. The highest BCUT2D eigenvalue weighted by molar-refractivity contribution is 5.77. The molecule has 0 unspecified atom stereocenters. The van der Waals surface area contributed by atoms with Gasteiger partial charge in [0.25, 0.3) is 0 Å². The molecule has 0 aromatic carbocycles. The summed E-state index contributed by atoms with van der Waals surface area (Å²) in [5.41, 5.74) is 0. The lowest BCUT2D eigenvalue weighted by Crippen LogP contribution is -2.36. The van der Waals surface area contributed by atoms with Gasteiger partial charge in [-0.1, -0.05) is 0 Å². The van der Waals surface area contributed by atoms with Crippen molar-refractivity contribution in [3.63, 3.8) is 0 Å². The third-order valence-electron chi connectivity index (χ3n) is 2.30. The Morgan fingerprint density at radius 2 is 2.27 bits per heavy atom. The van der Waals surface area contributed by atoms with E-state index in [2.05, 4.69) is 10.6 Å². The van der Waals surface area contributed by atoms with E-state index in [4.69, 9.17) is 10.00 Å². The molecule has 0 spiro atoms. The fourth-order valence-corrected chi connectivity index (χ4v) is 1.46. The van der Waals surface area contributed by atoms with Crippen molar-refractivity contribution >= 4 is 5.91 Å². The number of hydrogen-bond acceptors (Lipinski definition) is 4. The molecule has 84 valence electrons. The van der Waals surface area contributed by atoms with E-state index in [9.17, 15) is 4.79 Å². The van der Waals surface area contributed by atoms with Gasteiger partial charge in [0.05, 0.1) is 18.6 Å². The lowest BCUT2D eigenvalue weighted by molar-refractivity contribution is -0.128. The minimum absolute atomic E-state index is 0.107. The molecule has 1 rings (SSSR count). The number of nitriles is 1. The standard InChI is InChI=1S/C10H17N3O2/c11-4-1-5-13-10(14)8-15-9-2-6-12-7-3-9/h9,12H,1-3,5-8H2,(H,13,14). The van der Waals surface area contributed by atoms with Crippen LogP contribution < -0.4 is 10.6 Å². The predicted molar refractivity (Wildman–Crippen MR) is 55.1 cm³/mol. The lowest BCUT2D eigenvalue weighted by atomic mass is 10.1. The second-order valence-corrected chi connectivity index (χ2v) is 3.52. The third-order valence-corrected chi connectivity index (χ3v) is 2.30. The van der Waals surface area contributed by atoms with Crippen LogP contribution in [0.25, 0.3) is 0 Å². The molecule has 0 aromatic heterocycles. The SMILES string of the molecule is N#CCCNC(=O)COC1CCNCC1. The number of nitrogens with zero attached hydrogens (tertiary/aromatic N) is 1. The number of carbonyl (C=O) groups is 1. The van der Waals surface area contributed by atoms with Crippen molar-refractivity contribution in [1.29, 1.82) is 5.26 Å². The molecular formula is C10H17N3O2. The summed E-state index contributed by atoms with van der Waals surface area (Å²) in [5.74, 6) is -0.135. The Morgan fingerprint density at radius 3 is 2.93 bits per heavy atom. The molecule has 1 aliphatic rings. The summed E-state index contributed by atoms with van der Waals surface area (Å²) in [7, 11) is 0.